The van der Waals surface area contributed by atoms with Gasteiger partial charge in [0.05, 0.1) is 18.7 Å². The quantitative estimate of drug-likeness (QED) is 0.538. The van der Waals surface area contributed by atoms with Gasteiger partial charge in [-0.15, -0.1) is 0 Å². The van der Waals surface area contributed by atoms with Gasteiger partial charge in [-0.3, -0.25) is 18.7 Å². The molecule has 7 heteroatoms. The summed E-state index contributed by atoms with van der Waals surface area (Å²) in [7, 11) is 1.26. The van der Waals surface area contributed by atoms with Crippen LogP contribution in [0.1, 0.15) is 39.5 Å². The lowest BCUT2D eigenvalue weighted by molar-refractivity contribution is -0.147. The highest BCUT2D eigenvalue weighted by molar-refractivity contribution is 5.71. The van der Waals surface area contributed by atoms with Crippen LogP contribution in [0.5, 0.6) is 0 Å². The first-order valence-electron chi connectivity index (χ1n) is 7.47. The standard InChI is InChI=1S/C15H23FN2O4/c1-11(2)14(20)22-9-7-5-4-6-8-18-10-12(16)13(19)17(3)15(18)21/h10-11H,4-9H2,1-3H3. The van der Waals surface area contributed by atoms with Crippen LogP contribution >= 0.6 is 0 Å². The van der Waals surface area contributed by atoms with Crippen molar-refractivity contribution in [3.05, 3.63) is 32.9 Å². The van der Waals surface area contributed by atoms with Crippen LogP contribution < -0.4 is 11.2 Å². The van der Waals surface area contributed by atoms with Gasteiger partial charge in [-0.25, -0.2) is 4.79 Å². The predicted molar refractivity (Wildman–Crippen MR) is 80.2 cm³/mol. The third-order valence-electron chi connectivity index (χ3n) is 3.32. The molecule has 1 aromatic heterocycles. The van der Waals surface area contributed by atoms with Gasteiger partial charge in [0.15, 0.2) is 0 Å². The number of nitrogens with zero attached hydrogens (tertiary/aromatic N) is 2. The Labute approximate surface area is 128 Å². The topological polar surface area (TPSA) is 70.3 Å². The maximum atomic E-state index is 13.3. The van der Waals surface area contributed by atoms with E-state index in [0.717, 1.165) is 30.0 Å². The highest BCUT2D eigenvalue weighted by atomic mass is 19.1. The van der Waals surface area contributed by atoms with E-state index < -0.39 is 17.1 Å². The molecule has 22 heavy (non-hydrogen) atoms. The molecule has 0 aromatic carbocycles. The third kappa shape index (κ3) is 5.13. The Morgan fingerprint density at radius 2 is 1.86 bits per heavy atom. The van der Waals surface area contributed by atoms with Crippen molar-refractivity contribution in [2.75, 3.05) is 6.61 Å². The summed E-state index contributed by atoms with van der Waals surface area (Å²) < 4.78 is 20.3. The van der Waals surface area contributed by atoms with Crippen LogP contribution in [0.3, 0.4) is 0 Å². The number of hydrogen-bond acceptors (Lipinski definition) is 4. The molecule has 0 fully saturated rings. The maximum absolute atomic E-state index is 13.3. The lowest BCUT2D eigenvalue weighted by Gasteiger charge is -2.08. The highest BCUT2D eigenvalue weighted by Crippen LogP contribution is 2.03. The van der Waals surface area contributed by atoms with Crippen LogP contribution in [-0.4, -0.2) is 21.7 Å². The molecule has 0 unspecified atom stereocenters. The van der Waals surface area contributed by atoms with Crippen LogP contribution in [0, 0.1) is 11.7 Å². The first kappa shape index (κ1) is 18.1. The van der Waals surface area contributed by atoms with Gasteiger partial charge in [0.1, 0.15) is 0 Å². The van der Waals surface area contributed by atoms with E-state index in [4.69, 9.17) is 4.74 Å². The first-order valence-corrected chi connectivity index (χ1v) is 7.47. The molecule has 0 saturated carbocycles. The minimum atomic E-state index is -0.928. The van der Waals surface area contributed by atoms with Gasteiger partial charge in [0.25, 0.3) is 5.56 Å². The number of esters is 1. The summed E-state index contributed by atoms with van der Waals surface area (Å²) in [5.74, 6) is -1.25. The Morgan fingerprint density at radius 3 is 2.50 bits per heavy atom. The molecule has 0 N–H and O–H groups in total. The average Bonchev–Trinajstić information content (AvgIpc) is 2.48. The second-order valence-electron chi connectivity index (χ2n) is 5.55. The number of aromatic nitrogens is 2. The molecule has 0 atom stereocenters. The zero-order valence-electron chi connectivity index (χ0n) is 13.3. The van der Waals surface area contributed by atoms with Crippen molar-refractivity contribution in [2.24, 2.45) is 13.0 Å². The van der Waals surface area contributed by atoms with Crippen molar-refractivity contribution in [2.45, 2.75) is 46.1 Å². The number of rotatable bonds is 8. The summed E-state index contributed by atoms with van der Waals surface area (Å²) in [6, 6.07) is 0. The normalized spacial score (nSPS) is 11.0. The Morgan fingerprint density at radius 1 is 1.23 bits per heavy atom. The van der Waals surface area contributed by atoms with Crippen molar-refractivity contribution in [3.8, 4) is 0 Å². The van der Waals surface area contributed by atoms with E-state index in [9.17, 15) is 18.8 Å². The lowest BCUT2D eigenvalue weighted by atomic mass is 10.2. The maximum Gasteiger partial charge on any atom is 0.330 e. The van der Waals surface area contributed by atoms with Crippen molar-refractivity contribution in [3.63, 3.8) is 0 Å². The molecule has 1 aromatic rings. The molecule has 1 rings (SSSR count). The van der Waals surface area contributed by atoms with E-state index >= 15 is 0 Å². The fraction of sp³-hybridized carbons (Fsp3) is 0.667. The van der Waals surface area contributed by atoms with E-state index in [2.05, 4.69) is 0 Å². The van der Waals surface area contributed by atoms with E-state index in [-0.39, 0.29) is 11.9 Å². The van der Waals surface area contributed by atoms with Gasteiger partial charge in [-0.1, -0.05) is 20.3 Å². The smallest absolute Gasteiger partial charge is 0.330 e. The Hall–Kier alpha value is -1.92. The molecule has 0 radical (unpaired) electrons. The SMILES string of the molecule is CC(C)C(=O)OCCCCCCn1cc(F)c(=O)n(C)c1=O. The molecule has 1 heterocycles. The Kier molecular flexibility index (Phi) is 7.01. The first-order chi connectivity index (χ1) is 10.3. The van der Waals surface area contributed by atoms with Crippen LogP contribution in [-0.2, 0) is 23.1 Å². The van der Waals surface area contributed by atoms with E-state index in [0.29, 0.717) is 19.6 Å². The average molecular weight is 314 g/mol. The molecule has 0 spiro atoms. The van der Waals surface area contributed by atoms with Crippen molar-refractivity contribution in [1.82, 2.24) is 9.13 Å². The summed E-state index contributed by atoms with van der Waals surface area (Å²) in [6.07, 6.45) is 4.09. The fourth-order valence-corrected chi connectivity index (χ4v) is 1.92. The van der Waals surface area contributed by atoms with Crippen molar-refractivity contribution < 1.29 is 13.9 Å². The van der Waals surface area contributed by atoms with E-state index in [1.807, 2.05) is 0 Å². The lowest BCUT2D eigenvalue weighted by Crippen LogP contribution is -2.39. The predicted octanol–water partition coefficient (Wildman–Crippen LogP) is 1.45. The number of aryl methyl sites for hydroxylation is 1. The largest absolute Gasteiger partial charge is 0.465 e. The summed E-state index contributed by atoms with van der Waals surface area (Å²) >= 11 is 0. The van der Waals surface area contributed by atoms with E-state index in [1.165, 1.54) is 11.6 Å². The number of unbranched alkanes of at least 4 members (excludes halogenated alkanes) is 3. The fourth-order valence-electron chi connectivity index (χ4n) is 1.92. The summed E-state index contributed by atoms with van der Waals surface area (Å²) in [4.78, 5) is 34.2. The van der Waals surface area contributed by atoms with Crippen LogP contribution in [0.2, 0.25) is 0 Å². The number of hydrogen-bond donors (Lipinski definition) is 0. The second kappa shape index (κ2) is 8.51. The molecular weight excluding hydrogens is 291 g/mol. The molecule has 0 amide bonds. The number of halogens is 1. The van der Waals surface area contributed by atoms with Gasteiger partial charge in [-0.05, 0) is 19.3 Å². The molecule has 0 saturated heterocycles. The molecule has 0 aliphatic rings. The third-order valence-corrected chi connectivity index (χ3v) is 3.32. The molecule has 0 bridgehead atoms. The van der Waals surface area contributed by atoms with Crippen molar-refractivity contribution >= 4 is 5.97 Å². The monoisotopic (exact) mass is 314 g/mol. The number of carbonyl (C=O) groups is 1. The number of carbonyl (C=O) groups excluding carboxylic acids is 1. The van der Waals surface area contributed by atoms with Crippen LogP contribution in [0.15, 0.2) is 15.8 Å². The van der Waals surface area contributed by atoms with Gasteiger partial charge in [0.2, 0.25) is 5.82 Å². The summed E-state index contributed by atoms with van der Waals surface area (Å²) in [6.45, 7) is 4.32. The van der Waals surface area contributed by atoms with Gasteiger partial charge < -0.3 is 4.74 Å². The van der Waals surface area contributed by atoms with E-state index in [1.54, 1.807) is 13.8 Å². The summed E-state index contributed by atoms with van der Waals surface area (Å²) in [5.41, 5.74) is -1.43. The van der Waals surface area contributed by atoms with Crippen LogP contribution in [0.25, 0.3) is 0 Å². The summed E-state index contributed by atoms with van der Waals surface area (Å²) in [5, 5.41) is 0. The zero-order chi connectivity index (χ0) is 16.7. The minimum Gasteiger partial charge on any atom is -0.465 e. The van der Waals surface area contributed by atoms with Crippen LogP contribution in [0.4, 0.5) is 4.39 Å². The minimum absolute atomic E-state index is 0.119. The van der Waals surface area contributed by atoms with Crippen molar-refractivity contribution in [1.29, 1.82) is 0 Å². The zero-order valence-corrected chi connectivity index (χ0v) is 13.3. The molecule has 0 aliphatic heterocycles. The Balaban J connectivity index is 2.30. The Bertz CT molecular complexity index is 619. The number of ether oxygens (including phenoxy) is 1. The van der Waals surface area contributed by atoms with Gasteiger partial charge >= 0.3 is 11.7 Å². The van der Waals surface area contributed by atoms with Gasteiger partial charge in [-0.2, -0.15) is 4.39 Å². The highest BCUT2D eigenvalue weighted by Gasteiger charge is 2.08. The second-order valence-corrected chi connectivity index (χ2v) is 5.55. The molecule has 124 valence electrons. The molecular formula is C15H23FN2O4. The molecule has 6 nitrogen and oxygen atoms in total. The molecule has 0 aliphatic carbocycles. The van der Waals surface area contributed by atoms with Gasteiger partial charge in [0, 0.05) is 13.6 Å².